The summed E-state index contributed by atoms with van der Waals surface area (Å²) >= 11 is 0. The highest BCUT2D eigenvalue weighted by molar-refractivity contribution is 5.87. The molecule has 0 spiro atoms. The van der Waals surface area contributed by atoms with Crippen molar-refractivity contribution >= 4 is 11.9 Å². The number of nitrogens with one attached hydrogen (secondary N) is 1. The minimum absolute atomic E-state index is 0.0954. The van der Waals surface area contributed by atoms with E-state index in [1.54, 1.807) is 6.92 Å². The summed E-state index contributed by atoms with van der Waals surface area (Å²) in [6.45, 7) is 6.17. The molecule has 1 saturated heterocycles. The maximum Gasteiger partial charge on any atom is 0.307 e. The molecular formula is C16H22N2O3. The van der Waals surface area contributed by atoms with E-state index in [2.05, 4.69) is 11.4 Å². The average Bonchev–Trinajstić information content (AvgIpc) is 2.43. The second kappa shape index (κ2) is 7.22. The summed E-state index contributed by atoms with van der Waals surface area (Å²) in [5, 5.41) is 2.82. The predicted octanol–water partition coefficient (Wildman–Crippen LogP) is 1.25. The van der Waals surface area contributed by atoms with Gasteiger partial charge in [0.25, 0.3) is 0 Å². The van der Waals surface area contributed by atoms with Crippen LogP contribution in [0.1, 0.15) is 24.5 Å². The quantitative estimate of drug-likeness (QED) is 0.829. The van der Waals surface area contributed by atoms with Gasteiger partial charge < -0.3 is 10.1 Å². The number of aryl methyl sites for hydroxylation is 1. The Balaban J connectivity index is 2.07. The molecule has 1 aliphatic heterocycles. The summed E-state index contributed by atoms with van der Waals surface area (Å²) in [6.07, 6.45) is 0.103. The van der Waals surface area contributed by atoms with Gasteiger partial charge in [-0.25, -0.2) is 0 Å². The number of carbonyl (C=O) groups excluding carboxylic acids is 2. The zero-order chi connectivity index (χ0) is 15.2. The van der Waals surface area contributed by atoms with Crippen molar-refractivity contribution < 1.29 is 14.3 Å². The number of piperazine rings is 1. The molecule has 5 nitrogen and oxygen atoms in total. The van der Waals surface area contributed by atoms with Crippen LogP contribution in [0.5, 0.6) is 0 Å². The molecule has 0 unspecified atom stereocenters. The van der Waals surface area contributed by atoms with E-state index in [1.165, 1.54) is 5.56 Å². The number of nitrogens with zero attached hydrogens (tertiary/aromatic N) is 1. The van der Waals surface area contributed by atoms with Gasteiger partial charge in [-0.3, -0.25) is 14.5 Å². The minimum atomic E-state index is -0.446. The summed E-state index contributed by atoms with van der Waals surface area (Å²) in [5.41, 5.74) is 2.34. The Morgan fingerprint density at radius 3 is 3.00 bits per heavy atom. The highest BCUT2D eigenvalue weighted by Crippen LogP contribution is 2.15. The Kier molecular flexibility index (Phi) is 5.33. The fourth-order valence-corrected chi connectivity index (χ4v) is 2.60. The lowest BCUT2D eigenvalue weighted by molar-refractivity contribution is -0.148. The van der Waals surface area contributed by atoms with Gasteiger partial charge in [-0.2, -0.15) is 0 Å². The third kappa shape index (κ3) is 4.29. The number of hydrogen-bond donors (Lipinski definition) is 1. The van der Waals surface area contributed by atoms with Gasteiger partial charge in [-0.05, 0) is 19.4 Å². The number of ether oxygens (including phenoxy) is 1. The van der Waals surface area contributed by atoms with E-state index in [-0.39, 0.29) is 18.3 Å². The first-order valence-electron chi connectivity index (χ1n) is 7.33. The fourth-order valence-electron chi connectivity index (χ4n) is 2.60. The number of amides is 1. The second-order valence-corrected chi connectivity index (χ2v) is 5.28. The Labute approximate surface area is 125 Å². The van der Waals surface area contributed by atoms with Gasteiger partial charge in [0.2, 0.25) is 5.91 Å². The molecule has 0 aromatic heterocycles. The Morgan fingerprint density at radius 1 is 1.48 bits per heavy atom. The number of carbonyl (C=O) groups is 2. The van der Waals surface area contributed by atoms with Gasteiger partial charge in [0.1, 0.15) is 6.04 Å². The van der Waals surface area contributed by atoms with E-state index in [0.717, 1.165) is 12.1 Å². The smallest absolute Gasteiger partial charge is 0.307 e. The van der Waals surface area contributed by atoms with Crippen LogP contribution in [-0.2, 0) is 20.9 Å². The van der Waals surface area contributed by atoms with Crippen molar-refractivity contribution in [2.24, 2.45) is 0 Å². The first kappa shape index (κ1) is 15.5. The highest BCUT2D eigenvalue weighted by Gasteiger charge is 2.31. The molecule has 1 heterocycles. The molecule has 1 atom stereocenters. The van der Waals surface area contributed by atoms with E-state index in [9.17, 15) is 9.59 Å². The maximum absolute atomic E-state index is 12.0. The third-order valence-corrected chi connectivity index (χ3v) is 3.58. The molecule has 1 amide bonds. The Hall–Kier alpha value is -1.88. The molecule has 0 radical (unpaired) electrons. The number of benzene rings is 1. The number of hydrogen-bond acceptors (Lipinski definition) is 4. The van der Waals surface area contributed by atoms with E-state index >= 15 is 0 Å². The lowest BCUT2D eigenvalue weighted by atomic mass is 10.1. The highest BCUT2D eigenvalue weighted by atomic mass is 16.5. The van der Waals surface area contributed by atoms with E-state index in [1.807, 2.05) is 30.0 Å². The van der Waals surface area contributed by atoms with E-state index in [0.29, 0.717) is 19.7 Å². The van der Waals surface area contributed by atoms with Crippen LogP contribution in [0, 0.1) is 6.92 Å². The van der Waals surface area contributed by atoms with Crippen LogP contribution in [0.15, 0.2) is 24.3 Å². The monoisotopic (exact) mass is 290 g/mol. The fraction of sp³-hybridized carbons (Fsp3) is 0.500. The van der Waals surface area contributed by atoms with Crippen molar-refractivity contribution in [3.05, 3.63) is 35.4 Å². The van der Waals surface area contributed by atoms with Gasteiger partial charge in [0, 0.05) is 19.6 Å². The summed E-state index contributed by atoms with van der Waals surface area (Å²) in [6, 6.07) is 7.75. The molecule has 0 aliphatic carbocycles. The summed E-state index contributed by atoms with van der Waals surface area (Å²) in [5.74, 6) is -0.421. The van der Waals surface area contributed by atoms with E-state index in [4.69, 9.17) is 4.74 Å². The average molecular weight is 290 g/mol. The molecule has 114 valence electrons. The summed E-state index contributed by atoms with van der Waals surface area (Å²) < 4.78 is 4.97. The van der Waals surface area contributed by atoms with Crippen molar-refractivity contribution in [2.45, 2.75) is 32.9 Å². The van der Waals surface area contributed by atoms with Gasteiger partial charge >= 0.3 is 5.97 Å². The van der Waals surface area contributed by atoms with Gasteiger partial charge in [0.05, 0.1) is 13.0 Å². The van der Waals surface area contributed by atoms with Crippen molar-refractivity contribution in [2.75, 3.05) is 19.7 Å². The molecule has 21 heavy (non-hydrogen) atoms. The molecular weight excluding hydrogens is 268 g/mol. The molecule has 1 aromatic carbocycles. The minimum Gasteiger partial charge on any atom is -0.466 e. The van der Waals surface area contributed by atoms with Crippen LogP contribution in [-0.4, -0.2) is 42.5 Å². The summed E-state index contributed by atoms with van der Waals surface area (Å²) in [7, 11) is 0. The molecule has 2 rings (SSSR count). The lowest BCUT2D eigenvalue weighted by Gasteiger charge is -2.34. The first-order valence-corrected chi connectivity index (χ1v) is 7.33. The maximum atomic E-state index is 12.0. The van der Waals surface area contributed by atoms with Crippen LogP contribution in [0.4, 0.5) is 0 Å². The normalized spacial score (nSPS) is 19.1. The van der Waals surface area contributed by atoms with Gasteiger partial charge in [-0.15, -0.1) is 0 Å². The first-order chi connectivity index (χ1) is 10.1. The number of rotatable bonds is 5. The Morgan fingerprint density at radius 2 is 2.29 bits per heavy atom. The van der Waals surface area contributed by atoms with Crippen LogP contribution in [0.25, 0.3) is 0 Å². The molecule has 0 bridgehead atoms. The largest absolute Gasteiger partial charge is 0.466 e. The van der Waals surface area contributed by atoms with Crippen LogP contribution in [0.2, 0.25) is 0 Å². The van der Waals surface area contributed by atoms with Crippen molar-refractivity contribution in [3.8, 4) is 0 Å². The number of esters is 1. The van der Waals surface area contributed by atoms with Gasteiger partial charge in [0.15, 0.2) is 0 Å². The lowest BCUT2D eigenvalue weighted by Crippen LogP contribution is -2.55. The van der Waals surface area contributed by atoms with Crippen LogP contribution < -0.4 is 5.32 Å². The third-order valence-electron chi connectivity index (χ3n) is 3.58. The second-order valence-electron chi connectivity index (χ2n) is 5.28. The molecule has 1 aliphatic rings. The molecule has 5 heteroatoms. The summed E-state index contributed by atoms with van der Waals surface area (Å²) in [4.78, 5) is 25.8. The molecule has 1 fully saturated rings. The van der Waals surface area contributed by atoms with Crippen molar-refractivity contribution in [1.82, 2.24) is 10.2 Å². The van der Waals surface area contributed by atoms with E-state index < -0.39 is 6.04 Å². The van der Waals surface area contributed by atoms with Crippen molar-refractivity contribution in [3.63, 3.8) is 0 Å². The van der Waals surface area contributed by atoms with Crippen molar-refractivity contribution in [1.29, 1.82) is 0 Å². The van der Waals surface area contributed by atoms with Gasteiger partial charge in [-0.1, -0.05) is 29.8 Å². The van der Waals surface area contributed by atoms with Crippen LogP contribution in [0.3, 0.4) is 0 Å². The Bertz CT molecular complexity index is 516. The molecule has 1 N–H and O–H groups in total. The standard InChI is InChI=1S/C16H22N2O3/c1-3-21-15(19)10-14-16(20)17-7-8-18(14)11-13-6-4-5-12(2)9-13/h4-6,9,14H,3,7-8,10-11H2,1-2H3,(H,17,20)/t14-/m1/s1. The SMILES string of the molecule is CCOC(=O)C[C@@H]1C(=O)NCCN1Cc1cccc(C)c1. The topological polar surface area (TPSA) is 58.6 Å². The van der Waals surface area contributed by atoms with Crippen LogP contribution >= 0.6 is 0 Å². The zero-order valence-electron chi connectivity index (χ0n) is 12.6. The predicted molar refractivity (Wildman–Crippen MR) is 79.6 cm³/mol. The molecule has 1 aromatic rings. The zero-order valence-corrected chi connectivity index (χ0v) is 12.6. The molecule has 0 saturated carbocycles.